The van der Waals surface area contributed by atoms with Gasteiger partial charge in [-0.1, -0.05) is 12.1 Å². The number of halogens is 3. The lowest BCUT2D eigenvalue weighted by atomic mass is 9.96. The van der Waals surface area contributed by atoms with E-state index in [2.05, 4.69) is 24.1 Å². The number of piperidine rings is 1. The lowest BCUT2D eigenvalue weighted by Gasteiger charge is -2.35. The molecule has 1 heterocycles. The second kappa shape index (κ2) is 7.34. The summed E-state index contributed by atoms with van der Waals surface area (Å²) >= 11 is 0. The molecule has 1 aliphatic heterocycles. The summed E-state index contributed by atoms with van der Waals surface area (Å²) in [6.45, 7) is 6.58. The lowest BCUT2D eigenvalue weighted by Crippen LogP contribution is -2.43. The van der Waals surface area contributed by atoms with Crippen molar-refractivity contribution in [3.8, 4) is 0 Å². The maximum Gasteiger partial charge on any atom is 0.417 e. The molecule has 0 aromatic heterocycles. The topological polar surface area (TPSA) is 32.3 Å². The maximum atomic E-state index is 13.0. The second-order valence-corrected chi connectivity index (χ2v) is 6.35. The molecule has 0 aliphatic carbocycles. The van der Waals surface area contributed by atoms with Crippen LogP contribution < -0.4 is 5.32 Å². The van der Waals surface area contributed by atoms with E-state index in [0.717, 1.165) is 32.0 Å². The molecule has 0 radical (unpaired) electrons. The third kappa shape index (κ3) is 4.70. The fraction of sp³-hybridized carbons (Fsp3) is 0.588. The first kappa shape index (κ1) is 17.8. The molecule has 0 saturated carbocycles. The Kier molecular flexibility index (Phi) is 5.68. The standard InChI is InChI=1S/C17H23F3N2O/c1-12(2)22-9-5-6-13(11-22)10-21-16(23)14-7-3-4-8-15(14)17(18,19)20/h3-4,7-8,12-13H,5-6,9-11H2,1-2H3,(H,21,23). The summed E-state index contributed by atoms with van der Waals surface area (Å²) in [5.74, 6) is -0.368. The molecule has 1 amide bonds. The first-order chi connectivity index (χ1) is 10.8. The molecule has 128 valence electrons. The average molecular weight is 328 g/mol. The Hall–Kier alpha value is -1.56. The van der Waals surface area contributed by atoms with Crippen molar-refractivity contribution in [2.45, 2.75) is 38.9 Å². The van der Waals surface area contributed by atoms with Crippen molar-refractivity contribution in [2.75, 3.05) is 19.6 Å². The molecule has 0 bridgehead atoms. The Morgan fingerprint density at radius 1 is 1.35 bits per heavy atom. The Morgan fingerprint density at radius 2 is 2.04 bits per heavy atom. The van der Waals surface area contributed by atoms with Crippen molar-refractivity contribution >= 4 is 5.91 Å². The Balaban J connectivity index is 1.98. The van der Waals surface area contributed by atoms with Crippen LogP contribution in [0.15, 0.2) is 24.3 Å². The van der Waals surface area contributed by atoms with Crippen LogP contribution >= 0.6 is 0 Å². The number of benzene rings is 1. The highest BCUT2D eigenvalue weighted by atomic mass is 19.4. The molecular weight excluding hydrogens is 305 g/mol. The second-order valence-electron chi connectivity index (χ2n) is 6.35. The van der Waals surface area contributed by atoms with Gasteiger partial charge in [-0.25, -0.2) is 0 Å². The number of carbonyl (C=O) groups is 1. The predicted octanol–water partition coefficient (Wildman–Crippen LogP) is 3.56. The van der Waals surface area contributed by atoms with Crippen molar-refractivity contribution in [3.05, 3.63) is 35.4 Å². The summed E-state index contributed by atoms with van der Waals surface area (Å²) < 4.78 is 38.9. The van der Waals surface area contributed by atoms with E-state index in [1.54, 1.807) is 0 Å². The van der Waals surface area contributed by atoms with Gasteiger partial charge in [-0.2, -0.15) is 13.2 Å². The fourth-order valence-corrected chi connectivity index (χ4v) is 2.99. The van der Waals surface area contributed by atoms with Gasteiger partial charge in [0.05, 0.1) is 11.1 Å². The lowest BCUT2D eigenvalue weighted by molar-refractivity contribution is -0.137. The van der Waals surface area contributed by atoms with E-state index in [-0.39, 0.29) is 11.5 Å². The summed E-state index contributed by atoms with van der Waals surface area (Å²) in [5, 5.41) is 2.68. The zero-order valence-electron chi connectivity index (χ0n) is 13.5. The third-order valence-electron chi connectivity index (χ3n) is 4.31. The van der Waals surface area contributed by atoms with Crippen LogP contribution in [0.2, 0.25) is 0 Å². The fourth-order valence-electron chi connectivity index (χ4n) is 2.99. The van der Waals surface area contributed by atoms with Crippen LogP contribution in [0.25, 0.3) is 0 Å². The van der Waals surface area contributed by atoms with E-state index in [1.807, 2.05) is 0 Å². The van der Waals surface area contributed by atoms with E-state index >= 15 is 0 Å². The quantitative estimate of drug-likeness (QED) is 0.917. The van der Waals surface area contributed by atoms with Gasteiger partial charge in [0.15, 0.2) is 0 Å². The Morgan fingerprint density at radius 3 is 2.70 bits per heavy atom. The highest BCUT2D eigenvalue weighted by Crippen LogP contribution is 2.31. The minimum atomic E-state index is -4.52. The van der Waals surface area contributed by atoms with Gasteiger partial charge in [0, 0.05) is 19.1 Å². The summed E-state index contributed by atoms with van der Waals surface area (Å²) in [6, 6.07) is 5.35. The Bertz CT molecular complexity index is 543. The number of hydrogen-bond acceptors (Lipinski definition) is 2. The minimum absolute atomic E-state index is 0.285. The number of nitrogens with zero attached hydrogens (tertiary/aromatic N) is 1. The summed E-state index contributed by atoms with van der Waals surface area (Å²) in [5.41, 5.74) is -1.19. The van der Waals surface area contributed by atoms with E-state index in [9.17, 15) is 18.0 Å². The monoisotopic (exact) mass is 328 g/mol. The van der Waals surface area contributed by atoms with Gasteiger partial charge in [0.1, 0.15) is 0 Å². The SMILES string of the molecule is CC(C)N1CCCC(CNC(=O)c2ccccc2C(F)(F)F)C1. The number of nitrogens with one attached hydrogen (secondary N) is 1. The normalized spacial score (nSPS) is 19.8. The van der Waals surface area contributed by atoms with E-state index in [4.69, 9.17) is 0 Å². The number of rotatable bonds is 4. The molecule has 3 nitrogen and oxygen atoms in total. The van der Waals surface area contributed by atoms with Crippen LogP contribution in [-0.4, -0.2) is 36.5 Å². The highest BCUT2D eigenvalue weighted by Gasteiger charge is 2.35. The molecule has 6 heteroatoms. The maximum absolute atomic E-state index is 13.0. The third-order valence-corrected chi connectivity index (χ3v) is 4.31. The van der Waals surface area contributed by atoms with Crippen LogP contribution in [0.1, 0.15) is 42.6 Å². The van der Waals surface area contributed by atoms with E-state index in [0.29, 0.717) is 12.6 Å². The highest BCUT2D eigenvalue weighted by molar-refractivity contribution is 5.95. The van der Waals surface area contributed by atoms with Crippen LogP contribution in [0, 0.1) is 5.92 Å². The van der Waals surface area contributed by atoms with Crippen LogP contribution in [0.3, 0.4) is 0 Å². The largest absolute Gasteiger partial charge is 0.417 e. The van der Waals surface area contributed by atoms with Gasteiger partial charge < -0.3 is 10.2 Å². The molecule has 2 rings (SSSR count). The summed E-state index contributed by atoms with van der Waals surface area (Å²) in [6.07, 6.45) is -2.48. The average Bonchev–Trinajstić information content (AvgIpc) is 2.52. The van der Waals surface area contributed by atoms with Gasteiger partial charge in [-0.15, -0.1) is 0 Å². The zero-order valence-corrected chi connectivity index (χ0v) is 13.5. The molecule has 1 aromatic carbocycles. The smallest absolute Gasteiger partial charge is 0.352 e. The number of amides is 1. The Labute approximate surface area is 134 Å². The van der Waals surface area contributed by atoms with Crippen molar-refractivity contribution in [1.82, 2.24) is 10.2 Å². The summed E-state index contributed by atoms with van der Waals surface area (Å²) in [4.78, 5) is 14.5. The van der Waals surface area contributed by atoms with Crippen molar-refractivity contribution < 1.29 is 18.0 Å². The number of alkyl halides is 3. The molecule has 1 aromatic rings. The van der Waals surface area contributed by atoms with E-state index in [1.165, 1.54) is 18.2 Å². The van der Waals surface area contributed by atoms with Crippen LogP contribution in [0.5, 0.6) is 0 Å². The van der Waals surface area contributed by atoms with Crippen molar-refractivity contribution in [1.29, 1.82) is 0 Å². The van der Waals surface area contributed by atoms with Crippen molar-refractivity contribution in [3.63, 3.8) is 0 Å². The molecule has 23 heavy (non-hydrogen) atoms. The number of hydrogen-bond donors (Lipinski definition) is 1. The van der Waals surface area contributed by atoms with Gasteiger partial charge in [0.2, 0.25) is 0 Å². The molecule has 0 spiro atoms. The first-order valence-electron chi connectivity index (χ1n) is 7.97. The predicted molar refractivity (Wildman–Crippen MR) is 83.2 cm³/mol. The molecule has 1 atom stereocenters. The first-order valence-corrected chi connectivity index (χ1v) is 7.97. The molecule has 1 unspecified atom stereocenters. The van der Waals surface area contributed by atoms with Crippen molar-refractivity contribution in [2.24, 2.45) is 5.92 Å². The zero-order chi connectivity index (χ0) is 17.0. The van der Waals surface area contributed by atoms with Crippen LogP contribution in [-0.2, 0) is 6.18 Å². The van der Waals surface area contributed by atoms with E-state index < -0.39 is 17.6 Å². The van der Waals surface area contributed by atoms with Gasteiger partial charge >= 0.3 is 6.18 Å². The van der Waals surface area contributed by atoms with Crippen LogP contribution in [0.4, 0.5) is 13.2 Å². The molecule has 1 fully saturated rings. The number of likely N-dealkylation sites (tertiary alicyclic amines) is 1. The molecule has 1 aliphatic rings. The van der Waals surface area contributed by atoms with Gasteiger partial charge in [-0.3, -0.25) is 4.79 Å². The molecule has 1 saturated heterocycles. The van der Waals surface area contributed by atoms with Gasteiger partial charge in [-0.05, 0) is 51.3 Å². The number of carbonyl (C=O) groups excluding carboxylic acids is 1. The molecular formula is C17H23F3N2O. The van der Waals surface area contributed by atoms with Gasteiger partial charge in [0.25, 0.3) is 5.91 Å². The summed E-state index contributed by atoms with van der Waals surface area (Å²) in [7, 11) is 0. The minimum Gasteiger partial charge on any atom is -0.352 e. The molecule has 1 N–H and O–H groups in total.